The minimum Gasteiger partial charge on any atom is -0.370 e. The van der Waals surface area contributed by atoms with Crippen molar-refractivity contribution in [3.05, 3.63) is 0 Å². The number of ether oxygens (including phenoxy) is 1. The van der Waals surface area contributed by atoms with Crippen molar-refractivity contribution >= 4 is 12.4 Å². The van der Waals surface area contributed by atoms with Crippen molar-refractivity contribution in [2.75, 3.05) is 34.3 Å². The molecule has 0 heterocycles. The molecular formula is C11H27ClNO+. The third-order valence-corrected chi connectivity index (χ3v) is 1.85. The summed E-state index contributed by atoms with van der Waals surface area (Å²) in [6.07, 6.45) is 2.38. The Morgan fingerprint density at radius 1 is 1.14 bits per heavy atom. The van der Waals surface area contributed by atoms with Crippen LogP contribution < -0.4 is 0 Å². The normalized spacial score (nSPS) is 12.4. The van der Waals surface area contributed by atoms with E-state index in [2.05, 4.69) is 41.9 Å². The first kappa shape index (κ1) is 16.6. The Labute approximate surface area is 95.6 Å². The summed E-state index contributed by atoms with van der Waals surface area (Å²) in [4.78, 5) is 0. The van der Waals surface area contributed by atoms with Crippen LogP contribution in [-0.4, -0.2) is 44.4 Å². The Hall–Kier alpha value is 0.210. The quantitative estimate of drug-likeness (QED) is 0.498. The molecule has 14 heavy (non-hydrogen) atoms. The third kappa shape index (κ3) is 10.3. The molecule has 88 valence electrons. The summed E-state index contributed by atoms with van der Waals surface area (Å²) in [6, 6.07) is 0. The number of hydrogen-bond donors (Lipinski definition) is 0. The second-order valence-electron chi connectivity index (χ2n) is 5.41. The van der Waals surface area contributed by atoms with Crippen LogP contribution in [-0.2, 0) is 4.74 Å². The molecule has 0 aromatic rings. The van der Waals surface area contributed by atoms with Gasteiger partial charge in [0.1, 0.15) is 12.1 Å². The summed E-state index contributed by atoms with van der Waals surface area (Å²) in [5, 5.41) is 0. The van der Waals surface area contributed by atoms with E-state index in [0.29, 0.717) is 0 Å². The van der Waals surface area contributed by atoms with Crippen LogP contribution in [0.3, 0.4) is 0 Å². The standard InChI is InChI=1S/C11H26NO.ClH/c1-7-8-9-13-11(2,3)10-12(4,5)6;/h7-10H2,1-6H3;1H/q+1;. The molecule has 0 aromatic heterocycles. The zero-order valence-corrected chi connectivity index (χ0v) is 11.4. The van der Waals surface area contributed by atoms with Crippen molar-refractivity contribution in [3.8, 4) is 0 Å². The fraction of sp³-hybridized carbons (Fsp3) is 1.00. The predicted molar refractivity (Wildman–Crippen MR) is 65.1 cm³/mol. The molecule has 0 radical (unpaired) electrons. The van der Waals surface area contributed by atoms with Gasteiger partial charge in [-0.15, -0.1) is 12.4 Å². The van der Waals surface area contributed by atoms with Crippen LogP contribution in [0.15, 0.2) is 0 Å². The molecule has 0 fully saturated rings. The van der Waals surface area contributed by atoms with Gasteiger partial charge in [-0.2, -0.15) is 0 Å². The van der Waals surface area contributed by atoms with Gasteiger partial charge in [0, 0.05) is 6.61 Å². The summed E-state index contributed by atoms with van der Waals surface area (Å²) < 4.78 is 6.79. The Kier molecular flexibility index (Phi) is 7.90. The van der Waals surface area contributed by atoms with Gasteiger partial charge in [0.2, 0.25) is 0 Å². The molecule has 2 nitrogen and oxygen atoms in total. The molecule has 0 aliphatic heterocycles. The van der Waals surface area contributed by atoms with Crippen molar-refractivity contribution in [1.82, 2.24) is 0 Å². The van der Waals surface area contributed by atoms with Gasteiger partial charge in [-0.05, 0) is 20.3 Å². The fourth-order valence-electron chi connectivity index (χ4n) is 1.68. The molecule has 0 amide bonds. The zero-order chi connectivity index (χ0) is 10.5. The van der Waals surface area contributed by atoms with Crippen molar-refractivity contribution < 1.29 is 9.22 Å². The molecule has 0 spiro atoms. The highest BCUT2D eigenvalue weighted by molar-refractivity contribution is 5.85. The van der Waals surface area contributed by atoms with E-state index in [-0.39, 0.29) is 18.0 Å². The first-order valence-corrected chi connectivity index (χ1v) is 5.21. The Balaban J connectivity index is 0. The second kappa shape index (κ2) is 6.65. The van der Waals surface area contributed by atoms with E-state index in [4.69, 9.17) is 4.74 Å². The van der Waals surface area contributed by atoms with E-state index in [0.717, 1.165) is 17.6 Å². The van der Waals surface area contributed by atoms with Crippen molar-refractivity contribution in [1.29, 1.82) is 0 Å². The first-order valence-electron chi connectivity index (χ1n) is 5.21. The molecule has 0 saturated heterocycles. The maximum absolute atomic E-state index is 5.83. The number of quaternary nitrogens is 1. The minimum atomic E-state index is 0. The van der Waals surface area contributed by atoms with E-state index >= 15 is 0 Å². The highest BCUT2D eigenvalue weighted by Crippen LogP contribution is 2.13. The number of halogens is 1. The third-order valence-electron chi connectivity index (χ3n) is 1.85. The lowest BCUT2D eigenvalue weighted by Gasteiger charge is -2.34. The number of rotatable bonds is 6. The monoisotopic (exact) mass is 224 g/mol. The smallest absolute Gasteiger partial charge is 0.111 e. The maximum atomic E-state index is 5.83. The predicted octanol–water partition coefficient (Wildman–Crippen LogP) is 2.71. The molecule has 0 rings (SSSR count). The Morgan fingerprint density at radius 2 is 1.64 bits per heavy atom. The van der Waals surface area contributed by atoms with Gasteiger partial charge in [0.25, 0.3) is 0 Å². The molecule has 0 bridgehead atoms. The first-order chi connectivity index (χ1) is 5.77. The topological polar surface area (TPSA) is 9.23 Å². The summed E-state index contributed by atoms with van der Waals surface area (Å²) in [6.45, 7) is 8.48. The van der Waals surface area contributed by atoms with E-state index in [1.807, 2.05) is 0 Å². The summed E-state index contributed by atoms with van der Waals surface area (Å²) in [5.74, 6) is 0. The highest BCUT2D eigenvalue weighted by Gasteiger charge is 2.26. The van der Waals surface area contributed by atoms with Crippen molar-refractivity contribution in [3.63, 3.8) is 0 Å². The van der Waals surface area contributed by atoms with Gasteiger partial charge in [0.15, 0.2) is 0 Å². The largest absolute Gasteiger partial charge is 0.370 e. The van der Waals surface area contributed by atoms with E-state index < -0.39 is 0 Å². The van der Waals surface area contributed by atoms with Crippen LogP contribution >= 0.6 is 12.4 Å². The van der Waals surface area contributed by atoms with Crippen LogP contribution in [0.4, 0.5) is 0 Å². The molecule has 0 unspecified atom stereocenters. The molecule has 0 aliphatic carbocycles. The molecule has 0 aliphatic rings. The van der Waals surface area contributed by atoms with Crippen LogP contribution in [0.25, 0.3) is 0 Å². The number of likely N-dealkylation sites (N-methyl/N-ethyl adjacent to an activating group) is 1. The van der Waals surface area contributed by atoms with Gasteiger partial charge >= 0.3 is 0 Å². The molecule has 0 aromatic carbocycles. The number of unbranched alkanes of at least 4 members (excludes halogenated alkanes) is 1. The van der Waals surface area contributed by atoms with Crippen LogP contribution in [0.1, 0.15) is 33.6 Å². The minimum absolute atomic E-state index is 0. The Bertz CT molecular complexity index is 141. The van der Waals surface area contributed by atoms with Crippen molar-refractivity contribution in [2.45, 2.75) is 39.2 Å². The molecular weight excluding hydrogens is 198 g/mol. The summed E-state index contributed by atoms with van der Waals surface area (Å²) >= 11 is 0. The fourth-order valence-corrected chi connectivity index (χ4v) is 1.68. The average molecular weight is 225 g/mol. The lowest BCUT2D eigenvalue weighted by atomic mass is 10.1. The number of hydrogen-bond acceptors (Lipinski definition) is 1. The molecule has 0 saturated carbocycles. The SMILES string of the molecule is CCCCOC(C)(C)C[N+](C)(C)C.Cl. The summed E-state index contributed by atoms with van der Waals surface area (Å²) in [7, 11) is 6.60. The van der Waals surface area contributed by atoms with Crippen LogP contribution in [0.5, 0.6) is 0 Å². The van der Waals surface area contributed by atoms with Crippen molar-refractivity contribution in [2.24, 2.45) is 0 Å². The van der Waals surface area contributed by atoms with Gasteiger partial charge in [-0.3, -0.25) is 0 Å². The lowest BCUT2D eigenvalue weighted by Crippen LogP contribution is -2.47. The molecule has 0 N–H and O–H groups in total. The van der Waals surface area contributed by atoms with Crippen LogP contribution in [0.2, 0.25) is 0 Å². The second-order valence-corrected chi connectivity index (χ2v) is 5.41. The van der Waals surface area contributed by atoms with E-state index in [9.17, 15) is 0 Å². The zero-order valence-electron chi connectivity index (χ0n) is 10.6. The Morgan fingerprint density at radius 3 is 2.00 bits per heavy atom. The highest BCUT2D eigenvalue weighted by atomic mass is 35.5. The van der Waals surface area contributed by atoms with E-state index in [1.165, 1.54) is 12.8 Å². The summed E-state index contributed by atoms with van der Waals surface area (Å²) in [5.41, 5.74) is 0.00736. The van der Waals surface area contributed by atoms with Gasteiger partial charge < -0.3 is 9.22 Å². The maximum Gasteiger partial charge on any atom is 0.111 e. The van der Waals surface area contributed by atoms with E-state index in [1.54, 1.807) is 0 Å². The molecule has 3 heteroatoms. The average Bonchev–Trinajstić information content (AvgIpc) is 1.81. The molecule has 0 atom stereocenters. The van der Waals surface area contributed by atoms with Crippen LogP contribution in [0, 0.1) is 0 Å². The number of nitrogens with zero attached hydrogens (tertiary/aromatic N) is 1. The van der Waals surface area contributed by atoms with Gasteiger partial charge in [0.05, 0.1) is 21.1 Å². The van der Waals surface area contributed by atoms with Gasteiger partial charge in [-0.1, -0.05) is 13.3 Å². The van der Waals surface area contributed by atoms with Gasteiger partial charge in [-0.25, -0.2) is 0 Å². The lowest BCUT2D eigenvalue weighted by molar-refractivity contribution is -0.876.